The van der Waals surface area contributed by atoms with E-state index in [-0.39, 0.29) is 12.0 Å². The standard InChI is InChI=1S/C22H31N7O2/c1-24-18-7-12-29(15-18)20-14-19(26-21(23)27-20)16-5-10-28(11-6-16)22(30)31-13-8-17-4-2-3-9-25-17/h2-4,9,14,16,18,24H,5-8,10-13,15H2,1H3,(H2,23,26,27)/t18-/m1/s1. The van der Waals surface area contributed by atoms with E-state index in [1.807, 2.05) is 25.2 Å². The van der Waals surface area contributed by atoms with Crippen LogP contribution in [-0.4, -0.2) is 71.8 Å². The van der Waals surface area contributed by atoms with Crippen LogP contribution in [0.25, 0.3) is 0 Å². The molecule has 0 unspecified atom stereocenters. The topological polar surface area (TPSA) is 110 Å². The Bertz CT molecular complexity index is 871. The fraction of sp³-hybridized carbons (Fsp3) is 0.545. The highest BCUT2D eigenvalue weighted by Crippen LogP contribution is 2.30. The van der Waals surface area contributed by atoms with Crippen molar-refractivity contribution in [3.8, 4) is 0 Å². The summed E-state index contributed by atoms with van der Waals surface area (Å²) in [6, 6.07) is 8.29. The zero-order valence-electron chi connectivity index (χ0n) is 18.0. The molecule has 0 spiro atoms. The van der Waals surface area contributed by atoms with Gasteiger partial charge in [-0.05, 0) is 38.4 Å². The number of likely N-dealkylation sites (tertiary alicyclic amines) is 1. The summed E-state index contributed by atoms with van der Waals surface area (Å²) in [5, 5.41) is 3.33. The lowest BCUT2D eigenvalue weighted by Gasteiger charge is -2.31. The second-order valence-corrected chi connectivity index (χ2v) is 8.18. The van der Waals surface area contributed by atoms with Crippen LogP contribution >= 0.6 is 0 Å². The van der Waals surface area contributed by atoms with Crippen LogP contribution in [0.2, 0.25) is 0 Å². The van der Waals surface area contributed by atoms with Gasteiger partial charge in [-0.1, -0.05) is 6.07 Å². The first-order valence-electron chi connectivity index (χ1n) is 11.0. The molecule has 9 heteroatoms. The van der Waals surface area contributed by atoms with Crippen molar-refractivity contribution < 1.29 is 9.53 Å². The number of likely N-dealkylation sites (N-methyl/N-ethyl adjacent to an activating group) is 1. The minimum Gasteiger partial charge on any atom is -0.449 e. The number of hydrogen-bond acceptors (Lipinski definition) is 8. The second kappa shape index (κ2) is 9.91. The lowest BCUT2D eigenvalue weighted by Crippen LogP contribution is -2.38. The Hall–Kier alpha value is -2.94. The number of carbonyl (C=O) groups is 1. The summed E-state index contributed by atoms with van der Waals surface area (Å²) in [7, 11) is 1.99. The molecule has 3 N–H and O–H groups in total. The number of anilines is 2. The van der Waals surface area contributed by atoms with Crippen LogP contribution in [0.5, 0.6) is 0 Å². The van der Waals surface area contributed by atoms with Gasteiger partial charge in [-0.25, -0.2) is 9.78 Å². The van der Waals surface area contributed by atoms with Crippen LogP contribution in [0, 0.1) is 0 Å². The number of ether oxygens (including phenoxy) is 1. The maximum atomic E-state index is 12.4. The van der Waals surface area contributed by atoms with Crippen LogP contribution in [0.1, 0.15) is 36.6 Å². The van der Waals surface area contributed by atoms with Gasteiger partial charge in [0.1, 0.15) is 5.82 Å². The molecule has 9 nitrogen and oxygen atoms in total. The molecule has 2 aliphatic rings. The average Bonchev–Trinajstić information content (AvgIpc) is 3.29. The van der Waals surface area contributed by atoms with E-state index in [2.05, 4.69) is 31.2 Å². The number of nitrogens with zero attached hydrogens (tertiary/aromatic N) is 5. The lowest BCUT2D eigenvalue weighted by molar-refractivity contribution is 0.0932. The Morgan fingerprint density at radius 2 is 2.06 bits per heavy atom. The fourth-order valence-corrected chi connectivity index (χ4v) is 4.28. The summed E-state index contributed by atoms with van der Waals surface area (Å²) >= 11 is 0. The van der Waals surface area contributed by atoms with Crippen LogP contribution in [0.3, 0.4) is 0 Å². The molecular weight excluding hydrogens is 394 g/mol. The zero-order valence-corrected chi connectivity index (χ0v) is 18.0. The van der Waals surface area contributed by atoms with Crippen molar-refractivity contribution in [3.63, 3.8) is 0 Å². The number of carbonyl (C=O) groups excluding carboxylic acids is 1. The van der Waals surface area contributed by atoms with Gasteiger partial charge in [0.05, 0.1) is 12.3 Å². The maximum absolute atomic E-state index is 12.4. The van der Waals surface area contributed by atoms with Gasteiger partial charge in [0, 0.05) is 62.5 Å². The van der Waals surface area contributed by atoms with Crippen molar-refractivity contribution in [3.05, 3.63) is 41.9 Å². The quantitative estimate of drug-likeness (QED) is 0.721. The molecule has 1 amide bonds. The molecular formula is C22H31N7O2. The van der Waals surface area contributed by atoms with E-state index < -0.39 is 0 Å². The normalized spacial score (nSPS) is 19.6. The monoisotopic (exact) mass is 425 g/mol. The van der Waals surface area contributed by atoms with Crippen molar-refractivity contribution in [1.82, 2.24) is 25.2 Å². The lowest BCUT2D eigenvalue weighted by atomic mass is 9.93. The first-order valence-corrected chi connectivity index (χ1v) is 11.0. The summed E-state index contributed by atoms with van der Waals surface area (Å²) in [6.07, 6.45) is 4.88. The molecule has 2 fully saturated rings. The average molecular weight is 426 g/mol. The van der Waals surface area contributed by atoms with Crippen molar-refractivity contribution in [2.24, 2.45) is 0 Å². The number of pyridine rings is 1. The summed E-state index contributed by atoms with van der Waals surface area (Å²) in [4.78, 5) is 29.6. The van der Waals surface area contributed by atoms with Crippen LogP contribution in [-0.2, 0) is 11.2 Å². The summed E-state index contributed by atoms with van der Waals surface area (Å²) in [5.41, 5.74) is 7.92. The van der Waals surface area contributed by atoms with E-state index >= 15 is 0 Å². The second-order valence-electron chi connectivity index (χ2n) is 8.18. The Morgan fingerprint density at radius 1 is 1.23 bits per heavy atom. The van der Waals surface area contributed by atoms with Gasteiger partial charge in [-0.3, -0.25) is 4.98 Å². The molecule has 31 heavy (non-hydrogen) atoms. The van der Waals surface area contributed by atoms with Crippen molar-refractivity contribution in [2.45, 2.75) is 37.6 Å². The van der Waals surface area contributed by atoms with E-state index in [0.717, 1.165) is 49.6 Å². The van der Waals surface area contributed by atoms with E-state index in [9.17, 15) is 4.79 Å². The van der Waals surface area contributed by atoms with Gasteiger partial charge < -0.3 is 25.6 Å². The highest BCUT2D eigenvalue weighted by atomic mass is 16.6. The SMILES string of the molecule is CN[C@@H]1CCN(c2cc(C3CCN(C(=O)OCCc4ccccn4)CC3)nc(N)n2)C1. The van der Waals surface area contributed by atoms with Crippen molar-refractivity contribution >= 4 is 17.9 Å². The maximum Gasteiger partial charge on any atom is 0.409 e. The van der Waals surface area contributed by atoms with Crippen LogP contribution in [0.15, 0.2) is 30.5 Å². The molecule has 0 aliphatic carbocycles. The molecule has 1 atom stereocenters. The van der Waals surface area contributed by atoms with Crippen LogP contribution in [0.4, 0.5) is 16.6 Å². The van der Waals surface area contributed by atoms with Gasteiger partial charge in [0.15, 0.2) is 0 Å². The first kappa shape index (κ1) is 21.3. The highest BCUT2D eigenvalue weighted by molar-refractivity contribution is 5.67. The predicted molar refractivity (Wildman–Crippen MR) is 119 cm³/mol. The molecule has 2 aromatic heterocycles. The molecule has 2 saturated heterocycles. The van der Waals surface area contributed by atoms with Crippen molar-refractivity contribution in [1.29, 1.82) is 0 Å². The van der Waals surface area contributed by atoms with E-state index in [4.69, 9.17) is 10.5 Å². The summed E-state index contributed by atoms with van der Waals surface area (Å²) in [5.74, 6) is 1.48. The van der Waals surface area contributed by atoms with Gasteiger partial charge in [-0.15, -0.1) is 0 Å². The van der Waals surface area contributed by atoms with Crippen molar-refractivity contribution in [2.75, 3.05) is 50.5 Å². The molecule has 0 radical (unpaired) electrons. The Balaban J connectivity index is 1.29. The van der Waals surface area contributed by atoms with Gasteiger partial charge in [-0.2, -0.15) is 4.98 Å². The number of amides is 1. The molecule has 166 valence electrons. The van der Waals surface area contributed by atoms with E-state index in [1.165, 1.54) is 0 Å². The molecule has 0 aromatic carbocycles. The largest absolute Gasteiger partial charge is 0.449 e. The molecule has 2 aliphatic heterocycles. The Morgan fingerprint density at radius 3 is 2.77 bits per heavy atom. The third-order valence-electron chi connectivity index (χ3n) is 6.15. The minimum absolute atomic E-state index is 0.257. The summed E-state index contributed by atoms with van der Waals surface area (Å²) < 4.78 is 5.44. The molecule has 2 aromatic rings. The summed E-state index contributed by atoms with van der Waals surface area (Å²) in [6.45, 7) is 3.53. The molecule has 0 saturated carbocycles. The number of nitrogen functional groups attached to an aromatic ring is 1. The number of aromatic nitrogens is 3. The van der Waals surface area contributed by atoms with Gasteiger partial charge in [0.2, 0.25) is 5.95 Å². The zero-order chi connectivity index (χ0) is 21.6. The third kappa shape index (κ3) is 5.41. The number of nitrogens with one attached hydrogen (secondary N) is 1. The number of piperidine rings is 1. The number of rotatable bonds is 6. The highest BCUT2D eigenvalue weighted by Gasteiger charge is 2.28. The minimum atomic E-state index is -0.257. The third-order valence-corrected chi connectivity index (χ3v) is 6.15. The molecule has 0 bridgehead atoms. The molecule has 4 heterocycles. The Kier molecular flexibility index (Phi) is 6.81. The van der Waals surface area contributed by atoms with Gasteiger partial charge >= 0.3 is 6.09 Å². The smallest absolute Gasteiger partial charge is 0.409 e. The number of hydrogen-bond donors (Lipinski definition) is 2. The number of nitrogens with two attached hydrogens (primary N) is 1. The first-order chi connectivity index (χ1) is 15.1. The predicted octanol–water partition coefficient (Wildman–Crippen LogP) is 1.81. The molecule has 4 rings (SSSR count). The van der Waals surface area contributed by atoms with Gasteiger partial charge in [0.25, 0.3) is 0 Å². The van der Waals surface area contributed by atoms with E-state index in [1.54, 1.807) is 11.1 Å². The Labute approximate surface area is 183 Å². The van der Waals surface area contributed by atoms with Crippen LogP contribution < -0.4 is 16.0 Å². The van der Waals surface area contributed by atoms with E-state index in [0.29, 0.717) is 38.1 Å². The fourth-order valence-electron chi connectivity index (χ4n) is 4.28.